The summed E-state index contributed by atoms with van der Waals surface area (Å²) in [7, 11) is 0. The number of nitrogens with zero attached hydrogens (tertiary/aromatic N) is 2. The first-order valence-electron chi connectivity index (χ1n) is 5.61. The quantitative estimate of drug-likeness (QED) is 0.292. The largest absolute Gasteiger partial charge is 0.409 e. The monoisotopic (exact) mass is 277 g/mol. The molecule has 0 aliphatic rings. The lowest BCUT2D eigenvalue weighted by Crippen LogP contribution is -2.19. The number of nitrogens with two attached hydrogens (primary N) is 1. The molecule has 1 aromatic heterocycles. The molecule has 1 aromatic carbocycles. The van der Waals surface area contributed by atoms with Gasteiger partial charge in [0.05, 0.1) is 17.4 Å². The maximum absolute atomic E-state index is 13.2. The predicted octanol–water partition coefficient (Wildman–Crippen LogP) is 1.20. The number of hydrogen-bond acceptors (Lipinski definition) is 4. The van der Waals surface area contributed by atoms with Crippen molar-refractivity contribution < 1.29 is 14.4 Å². The van der Waals surface area contributed by atoms with E-state index in [2.05, 4.69) is 20.7 Å². The van der Waals surface area contributed by atoms with E-state index in [-0.39, 0.29) is 17.1 Å². The fraction of sp³-hybridized carbons (Fsp3) is 0.0833. The van der Waals surface area contributed by atoms with E-state index in [9.17, 15) is 9.18 Å². The Morgan fingerprint density at radius 2 is 2.25 bits per heavy atom. The molecule has 8 heteroatoms. The highest BCUT2D eigenvalue weighted by Crippen LogP contribution is 2.18. The minimum Gasteiger partial charge on any atom is -0.409 e. The van der Waals surface area contributed by atoms with Crippen molar-refractivity contribution >= 4 is 17.4 Å². The van der Waals surface area contributed by atoms with Crippen molar-refractivity contribution in [2.45, 2.75) is 6.92 Å². The molecule has 0 saturated heterocycles. The second kappa shape index (κ2) is 5.39. The SMILES string of the molecule is Cc1[nH]ncc1C(=O)Nc1ccc(F)cc1/C(N)=N/O. The van der Waals surface area contributed by atoms with Gasteiger partial charge in [0.25, 0.3) is 5.91 Å². The van der Waals surface area contributed by atoms with Crippen molar-refractivity contribution in [3.8, 4) is 0 Å². The number of carbonyl (C=O) groups excluding carboxylic acids is 1. The van der Waals surface area contributed by atoms with E-state index in [0.29, 0.717) is 11.3 Å². The standard InChI is InChI=1S/C12H12FN5O2/c1-6-9(5-15-17-6)12(19)16-10-3-2-7(13)4-8(10)11(14)18-20/h2-5,20H,1H3,(H2,14,18)(H,15,17)(H,16,19). The number of carbonyl (C=O) groups is 1. The number of amides is 1. The number of anilines is 1. The van der Waals surface area contributed by atoms with E-state index in [1.165, 1.54) is 12.3 Å². The lowest BCUT2D eigenvalue weighted by molar-refractivity contribution is 0.102. The molecule has 0 bridgehead atoms. The molecule has 2 aromatic rings. The van der Waals surface area contributed by atoms with Gasteiger partial charge < -0.3 is 16.3 Å². The summed E-state index contributed by atoms with van der Waals surface area (Å²) in [5.74, 6) is -1.30. The Morgan fingerprint density at radius 1 is 1.50 bits per heavy atom. The molecular formula is C12H12FN5O2. The number of H-pyrrole nitrogens is 1. The Bertz CT molecular complexity index is 680. The van der Waals surface area contributed by atoms with Gasteiger partial charge in [-0.3, -0.25) is 9.89 Å². The first kappa shape index (κ1) is 13.5. The van der Waals surface area contributed by atoms with E-state index >= 15 is 0 Å². The van der Waals surface area contributed by atoms with Gasteiger partial charge in [-0.25, -0.2) is 4.39 Å². The van der Waals surface area contributed by atoms with Crippen LogP contribution in [0.3, 0.4) is 0 Å². The topological polar surface area (TPSA) is 116 Å². The summed E-state index contributed by atoms with van der Waals surface area (Å²) >= 11 is 0. The summed E-state index contributed by atoms with van der Waals surface area (Å²) in [6.07, 6.45) is 1.37. The van der Waals surface area contributed by atoms with Gasteiger partial charge in [0.15, 0.2) is 5.84 Å². The number of aromatic amines is 1. The van der Waals surface area contributed by atoms with Crippen molar-refractivity contribution in [1.29, 1.82) is 0 Å². The predicted molar refractivity (Wildman–Crippen MR) is 70.2 cm³/mol. The van der Waals surface area contributed by atoms with Crippen LogP contribution in [0.2, 0.25) is 0 Å². The van der Waals surface area contributed by atoms with Gasteiger partial charge in [-0.2, -0.15) is 5.10 Å². The molecule has 0 atom stereocenters. The van der Waals surface area contributed by atoms with Gasteiger partial charge >= 0.3 is 0 Å². The third-order valence-electron chi connectivity index (χ3n) is 2.69. The average Bonchev–Trinajstić information content (AvgIpc) is 2.86. The van der Waals surface area contributed by atoms with Crippen LogP contribution in [-0.4, -0.2) is 27.1 Å². The molecule has 0 aliphatic carbocycles. The Morgan fingerprint density at radius 3 is 2.85 bits per heavy atom. The highest BCUT2D eigenvalue weighted by molar-refractivity contribution is 6.10. The Hall–Kier alpha value is -2.90. The molecule has 0 saturated carbocycles. The van der Waals surface area contributed by atoms with Crippen LogP contribution in [0.5, 0.6) is 0 Å². The zero-order valence-electron chi connectivity index (χ0n) is 10.5. The van der Waals surface area contributed by atoms with Crippen LogP contribution >= 0.6 is 0 Å². The smallest absolute Gasteiger partial charge is 0.259 e. The van der Waals surface area contributed by atoms with Crippen LogP contribution in [0.25, 0.3) is 0 Å². The fourth-order valence-electron chi connectivity index (χ4n) is 1.66. The van der Waals surface area contributed by atoms with Crippen molar-refractivity contribution in [3.05, 3.63) is 47.0 Å². The summed E-state index contributed by atoms with van der Waals surface area (Å²) in [5.41, 5.74) is 6.71. The minimum absolute atomic E-state index is 0.0852. The number of aryl methyl sites for hydroxylation is 1. The minimum atomic E-state index is -0.566. The normalized spacial score (nSPS) is 11.4. The molecule has 20 heavy (non-hydrogen) atoms. The molecule has 0 unspecified atom stereocenters. The zero-order chi connectivity index (χ0) is 14.7. The van der Waals surface area contributed by atoms with Crippen LogP contribution < -0.4 is 11.1 Å². The second-order valence-corrected chi connectivity index (χ2v) is 4.04. The van der Waals surface area contributed by atoms with Crippen LogP contribution in [0, 0.1) is 12.7 Å². The second-order valence-electron chi connectivity index (χ2n) is 4.04. The van der Waals surface area contributed by atoms with Crippen molar-refractivity contribution in [2.24, 2.45) is 10.9 Å². The summed E-state index contributed by atoms with van der Waals surface area (Å²) in [5, 5.41) is 20.4. The number of nitrogens with one attached hydrogen (secondary N) is 2. The van der Waals surface area contributed by atoms with E-state index in [0.717, 1.165) is 12.1 Å². The van der Waals surface area contributed by atoms with Gasteiger partial charge in [-0.1, -0.05) is 5.16 Å². The molecule has 1 heterocycles. The maximum atomic E-state index is 13.2. The Kier molecular flexibility index (Phi) is 3.65. The summed E-state index contributed by atoms with van der Waals surface area (Å²) in [6, 6.07) is 3.55. The number of rotatable bonds is 3. The highest BCUT2D eigenvalue weighted by atomic mass is 19.1. The van der Waals surface area contributed by atoms with Gasteiger partial charge in [-0.15, -0.1) is 0 Å². The number of halogens is 1. The molecule has 0 spiro atoms. The first-order valence-corrected chi connectivity index (χ1v) is 5.61. The third kappa shape index (κ3) is 2.58. The van der Waals surface area contributed by atoms with Gasteiger partial charge in [-0.05, 0) is 25.1 Å². The first-order chi connectivity index (χ1) is 9.52. The number of amidine groups is 1. The highest BCUT2D eigenvalue weighted by Gasteiger charge is 2.15. The average molecular weight is 277 g/mol. The molecule has 0 fully saturated rings. The van der Waals surface area contributed by atoms with Crippen LogP contribution in [-0.2, 0) is 0 Å². The number of hydrogen-bond donors (Lipinski definition) is 4. The Labute approximate surface area is 113 Å². The van der Waals surface area contributed by atoms with Crippen LogP contribution in [0.15, 0.2) is 29.6 Å². The molecule has 7 nitrogen and oxygen atoms in total. The molecule has 2 rings (SSSR count). The van der Waals surface area contributed by atoms with Crippen molar-refractivity contribution in [1.82, 2.24) is 10.2 Å². The van der Waals surface area contributed by atoms with E-state index in [1.807, 2.05) is 0 Å². The van der Waals surface area contributed by atoms with E-state index in [4.69, 9.17) is 10.9 Å². The fourth-order valence-corrected chi connectivity index (χ4v) is 1.66. The van der Waals surface area contributed by atoms with Crippen LogP contribution in [0.4, 0.5) is 10.1 Å². The molecular weight excluding hydrogens is 265 g/mol. The van der Waals surface area contributed by atoms with E-state index in [1.54, 1.807) is 6.92 Å². The van der Waals surface area contributed by atoms with E-state index < -0.39 is 11.7 Å². The summed E-state index contributed by atoms with van der Waals surface area (Å²) < 4.78 is 13.2. The summed E-state index contributed by atoms with van der Waals surface area (Å²) in [6.45, 7) is 1.69. The van der Waals surface area contributed by atoms with Crippen molar-refractivity contribution in [3.63, 3.8) is 0 Å². The summed E-state index contributed by atoms with van der Waals surface area (Å²) in [4.78, 5) is 12.0. The van der Waals surface area contributed by atoms with Gasteiger partial charge in [0.1, 0.15) is 5.82 Å². The van der Waals surface area contributed by atoms with Gasteiger partial charge in [0, 0.05) is 11.3 Å². The van der Waals surface area contributed by atoms with Gasteiger partial charge in [0.2, 0.25) is 0 Å². The van der Waals surface area contributed by atoms with Crippen molar-refractivity contribution in [2.75, 3.05) is 5.32 Å². The van der Waals surface area contributed by atoms with Crippen LogP contribution in [0.1, 0.15) is 21.6 Å². The number of oxime groups is 1. The molecule has 5 N–H and O–H groups in total. The molecule has 1 amide bonds. The number of aromatic nitrogens is 2. The molecule has 0 aliphatic heterocycles. The third-order valence-corrected chi connectivity index (χ3v) is 2.69. The zero-order valence-corrected chi connectivity index (χ0v) is 10.5. The lowest BCUT2D eigenvalue weighted by Gasteiger charge is -2.10. The number of benzene rings is 1. The Balaban J connectivity index is 2.35. The molecule has 0 radical (unpaired) electrons. The lowest BCUT2D eigenvalue weighted by atomic mass is 10.1. The molecule has 104 valence electrons. The maximum Gasteiger partial charge on any atom is 0.259 e.